The number of rotatable bonds is 9. The third kappa shape index (κ3) is 11.9. The molecule has 0 rings (SSSR count). The van der Waals surface area contributed by atoms with Gasteiger partial charge in [-0.3, -0.25) is 0 Å². The van der Waals surface area contributed by atoms with E-state index in [1.165, 1.54) is 25.7 Å². The fraction of sp³-hybridized carbons (Fsp3) is 1.00. The summed E-state index contributed by atoms with van der Waals surface area (Å²) in [7, 11) is -4.23. The lowest BCUT2D eigenvalue weighted by atomic mass is 10.1. The number of hydrogen-bond donors (Lipinski definition) is 1. The van der Waals surface area contributed by atoms with Crippen LogP contribution < -0.4 is 4.72 Å². The fourth-order valence-electron chi connectivity index (χ4n) is 1.28. The Balaban J connectivity index is 3.07. The van der Waals surface area contributed by atoms with E-state index in [1.807, 2.05) is 4.72 Å². The Bertz CT molecular complexity index is 214. The van der Waals surface area contributed by atoms with Gasteiger partial charge in [0, 0.05) is 6.54 Å². The first-order valence-corrected chi connectivity index (χ1v) is 6.67. The third-order valence-corrected chi connectivity index (χ3v) is 2.62. The van der Waals surface area contributed by atoms with E-state index in [9.17, 15) is 13.0 Å². The molecule has 0 radical (unpaired) electrons. The Labute approximate surface area is 87.0 Å². The molecule has 0 spiro atoms. The van der Waals surface area contributed by atoms with Gasteiger partial charge in [-0.2, -0.15) is 0 Å². The molecule has 0 fully saturated rings. The van der Waals surface area contributed by atoms with Gasteiger partial charge in [0.2, 0.25) is 0 Å². The molecule has 0 atom stereocenters. The second kappa shape index (κ2) is 8.20. The molecule has 1 N–H and O–H groups in total. The van der Waals surface area contributed by atoms with Gasteiger partial charge in [0.05, 0.1) is 0 Å². The molecule has 0 aliphatic rings. The minimum atomic E-state index is -4.23. The molecule has 0 aliphatic heterocycles. The third-order valence-electron chi connectivity index (χ3n) is 2.06. The van der Waals surface area contributed by atoms with E-state index in [0.717, 1.165) is 19.3 Å². The molecule has 86 valence electrons. The Morgan fingerprint density at radius 1 is 1.00 bits per heavy atom. The van der Waals surface area contributed by atoms with Crippen LogP contribution >= 0.6 is 0 Å². The van der Waals surface area contributed by atoms with Crippen LogP contribution in [0.5, 0.6) is 0 Å². The highest BCUT2D eigenvalue weighted by molar-refractivity contribution is 7.83. The summed E-state index contributed by atoms with van der Waals surface area (Å²) in [6.45, 7) is 2.45. The Morgan fingerprint density at radius 2 is 1.50 bits per heavy atom. The number of nitrogens with one attached hydrogen (secondary N) is 1. The van der Waals surface area contributed by atoms with Crippen molar-refractivity contribution in [1.29, 1.82) is 0 Å². The molecule has 0 saturated carbocycles. The zero-order chi connectivity index (χ0) is 10.9. The summed E-state index contributed by atoms with van der Waals surface area (Å²) < 4.78 is 32.4. The highest BCUT2D eigenvalue weighted by atomic mass is 32.2. The summed E-state index contributed by atoms with van der Waals surface area (Å²) in [5.74, 6) is 0. The topological polar surface area (TPSA) is 69.2 Å². The lowest BCUT2D eigenvalue weighted by molar-refractivity contribution is 0.446. The molecular weight excluding hydrogens is 202 g/mol. The molecular formula is C9H20NO3S-. The molecule has 0 aliphatic carbocycles. The van der Waals surface area contributed by atoms with Crippen molar-refractivity contribution in [3.63, 3.8) is 0 Å². The van der Waals surface area contributed by atoms with Gasteiger partial charge in [0.1, 0.15) is 0 Å². The normalized spacial score (nSPS) is 11.9. The molecule has 0 bridgehead atoms. The van der Waals surface area contributed by atoms with Crippen LogP contribution in [-0.4, -0.2) is 19.5 Å². The van der Waals surface area contributed by atoms with Gasteiger partial charge in [-0.1, -0.05) is 45.4 Å². The Hall–Kier alpha value is -0.130. The maximum atomic E-state index is 10.1. The molecule has 0 aromatic carbocycles. The van der Waals surface area contributed by atoms with Gasteiger partial charge in [0.15, 0.2) is 10.3 Å². The van der Waals surface area contributed by atoms with Crippen LogP contribution in [0.1, 0.15) is 51.9 Å². The van der Waals surface area contributed by atoms with E-state index in [-0.39, 0.29) is 6.54 Å². The minimum absolute atomic E-state index is 0.277. The maximum absolute atomic E-state index is 10.1. The van der Waals surface area contributed by atoms with Crippen LogP contribution in [0.25, 0.3) is 0 Å². The molecule has 4 nitrogen and oxygen atoms in total. The molecule has 0 aromatic rings. The van der Waals surface area contributed by atoms with E-state index in [0.29, 0.717) is 0 Å². The fourth-order valence-corrected chi connectivity index (χ4v) is 1.67. The SMILES string of the molecule is CCCCCCCCCNS(=O)(=O)[O-]. The van der Waals surface area contributed by atoms with Crippen molar-refractivity contribution in [3.05, 3.63) is 0 Å². The molecule has 5 heteroatoms. The summed E-state index contributed by atoms with van der Waals surface area (Å²) in [6.07, 6.45) is 7.84. The smallest absolute Gasteiger partial charge is 0.159 e. The molecule has 0 unspecified atom stereocenters. The van der Waals surface area contributed by atoms with Crippen LogP contribution in [0.3, 0.4) is 0 Å². The van der Waals surface area contributed by atoms with Crippen LogP contribution in [0, 0.1) is 0 Å². The van der Waals surface area contributed by atoms with Crippen molar-refractivity contribution in [2.24, 2.45) is 0 Å². The summed E-state index contributed by atoms with van der Waals surface area (Å²) in [6, 6.07) is 0. The average molecular weight is 222 g/mol. The number of unbranched alkanes of at least 4 members (excludes halogenated alkanes) is 6. The van der Waals surface area contributed by atoms with Crippen molar-refractivity contribution in [1.82, 2.24) is 4.72 Å². The van der Waals surface area contributed by atoms with E-state index in [2.05, 4.69) is 6.92 Å². The van der Waals surface area contributed by atoms with Crippen LogP contribution in [0.4, 0.5) is 0 Å². The van der Waals surface area contributed by atoms with Gasteiger partial charge < -0.3 is 4.55 Å². The molecule has 0 aromatic heterocycles. The minimum Gasteiger partial charge on any atom is -0.735 e. The quantitative estimate of drug-likeness (QED) is 0.477. The standard InChI is InChI=1S/C9H21NO3S/c1-2-3-4-5-6-7-8-9-10-14(11,12)13/h10H,2-9H2,1H3,(H,11,12,13)/p-1. The lowest BCUT2D eigenvalue weighted by Gasteiger charge is -2.07. The highest BCUT2D eigenvalue weighted by Crippen LogP contribution is 2.06. The molecule has 0 saturated heterocycles. The predicted molar refractivity (Wildman–Crippen MR) is 55.7 cm³/mol. The zero-order valence-electron chi connectivity index (χ0n) is 8.79. The lowest BCUT2D eigenvalue weighted by Crippen LogP contribution is -2.23. The van der Waals surface area contributed by atoms with Crippen LogP contribution in [0.15, 0.2) is 0 Å². The van der Waals surface area contributed by atoms with Crippen LogP contribution in [0.2, 0.25) is 0 Å². The largest absolute Gasteiger partial charge is 0.735 e. The van der Waals surface area contributed by atoms with E-state index >= 15 is 0 Å². The molecule has 0 heterocycles. The van der Waals surface area contributed by atoms with E-state index in [4.69, 9.17) is 0 Å². The van der Waals surface area contributed by atoms with Crippen molar-refractivity contribution < 1.29 is 13.0 Å². The van der Waals surface area contributed by atoms with Crippen molar-refractivity contribution in [2.45, 2.75) is 51.9 Å². The Kier molecular flexibility index (Phi) is 8.12. The van der Waals surface area contributed by atoms with Gasteiger partial charge in [-0.25, -0.2) is 13.1 Å². The summed E-state index contributed by atoms with van der Waals surface area (Å²) in [5, 5.41) is 0. The van der Waals surface area contributed by atoms with Gasteiger partial charge in [-0.15, -0.1) is 0 Å². The first-order chi connectivity index (χ1) is 6.56. The van der Waals surface area contributed by atoms with Crippen molar-refractivity contribution in [3.8, 4) is 0 Å². The van der Waals surface area contributed by atoms with Gasteiger partial charge in [-0.05, 0) is 6.42 Å². The monoisotopic (exact) mass is 222 g/mol. The summed E-state index contributed by atoms with van der Waals surface area (Å²) in [4.78, 5) is 0. The zero-order valence-corrected chi connectivity index (χ0v) is 9.61. The molecule has 14 heavy (non-hydrogen) atoms. The summed E-state index contributed by atoms with van der Waals surface area (Å²) >= 11 is 0. The average Bonchev–Trinajstić information content (AvgIpc) is 2.08. The first kappa shape index (κ1) is 13.9. The molecule has 0 amide bonds. The maximum Gasteiger partial charge on any atom is 0.159 e. The van der Waals surface area contributed by atoms with Crippen LogP contribution in [-0.2, 0) is 10.3 Å². The summed E-state index contributed by atoms with van der Waals surface area (Å²) in [5.41, 5.74) is 0. The van der Waals surface area contributed by atoms with Gasteiger partial charge in [0.25, 0.3) is 0 Å². The van der Waals surface area contributed by atoms with E-state index < -0.39 is 10.3 Å². The van der Waals surface area contributed by atoms with Crippen molar-refractivity contribution >= 4 is 10.3 Å². The van der Waals surface area contributed by atoms with Crippen molar-refractivity contribution in [2.75, 3.05) is 6.54 Å². The second-order valence-corrected chi connectivity index (χ2v) is 4.67. The highest BCUT2D eigenvalue weighted by Gasteiger charge is 1.93. The number of hydrogen-bond acceptors (Lipinski definition) is 3. The second-order valence-electron chi connectivity index (χ2n) is 3.47. The first-order valence-electron chi connectivity index (χ1n) is 5.26. The van der Waals surface area contributed by atoms with Gasteiger partial charge >= 0.3 is 0 Å². The Morgan fingerprint density at radius 3 is 2.00 bits per heavy atom. The predicted octanol–water partition coefficient (Wildman–Crippen LogP) is 1.79. The van der Waals surface area contributed by atoms with E-state index in [1.54, 1.807) is 0 Å².